The number of ketones is 1. The summed E-state index contributed by atoms with van der Waals surface area (Å²) in [6.45, 7) is 10.2. The van der Waals surface area contributed by atoms with Crippen LogP contribution in [0.25, 0.3) is 0 Å². The zero-order valence-corrected chi connectivity index (χ0v) is 13.1. The Balaban J connectivity index is 2.06. The maximum absolute atomic E-state index is 12.4. The van der Waals surface area contributed by atoms with E-state index in [4.69, 9.17) is 0 Å². The zero-order valence-electron chi connectivity index (χ0n) is 12.3. The second-order valence-electron chi connectivity index (χ2n) is 5.51. The number of Topliss-reactive ketones (excluding diaryl/α,β-unsaturated/α-hetero) is 1. The molecule has 0 spiro atoms. The van der Waals surface area contributed by atoms with Crippen molar-refractivity contribution < 1.29 is 4.79 Å². The molecule has 0 amide bonds. The van der Waals surface area contributed by atoms with E-state index in [1.54, 1.807) is 0 Å². The van der Waals surface area contributed by atoms with Crippen LogP contribution in [0.3, 0.4) is 0 Å². The molecule has 1 heterocycles. The highest BCUT2D eigenvalue weighted by Crippen LogP contribution is 2.24. The molecule has 0 N–H and O–H groups in total. The molecule has 2 rings (SSSR count). The molecule has 1 aromatic rings. The summed E-state index contributed by atoms with van der Waals surface area (Å²) in [6.07, 6.45) is 0. The number of benzene rings is 1. The first-order valence-electron chi connectivity index (χ1n) is 6.95. The molecule has 104 valence electrons. The van der Waals surface area contributed by atoms with E-state index in [1.165, 1.54) is 11.1 Å². The highest BCUT2D eigenvalue weighted by atomic mass is 32.2. The van der Waals surface area contributed by atoms with Gasteiger partial charge in [0, 0.05) is 29.2 Å². The molecule has 1 aliphatic rings. The van der Waals surface area contributed by atoms with E-state index in [9.17, 15) is 4.79 Å². The van der Waals surface area contributed by atoms with Crippen LogP contribution in [0, 0.1) is 13.8 Å². The molecule has 2 atom stereocenters. The number of carbonyl (C=O) groups is 1. The van der Waals surface area contributed by atoms with E-state index in [0.29, 0.717) is 17.8 Å². The average molecular weight is 277 g/mol. The number of rotatable bonds is 3. The van der Waals surface area contributed by atoms with Gasteiger partial charge in [-0.25, -0.2) is 0 Å². The first kappa shape index (κ1) is 14.6. The Morgan fingerprint density at radius 1 is 1.32 bits per heavy atom. The van der Waals surface area contributed by atoms with Crippen molar-refractivity contribution in [1.82, 2.24) is 4.90 Å². The second kappa shape index (κ2) is 6.10. The lowest BCUT2D eigenvalue weighted by Gasteiger charge is -2.36. The molecule has 2 unspecified atom stereocenters. The van der Waals surface area contributed by atoms with Crippen LogP contribution in [0.15, 0.2) is 18.2 Å². The SMILES string of the molecule is Cc1ccc(C(=O)CN2CCSC(C)C2C)cc1C. The molecule has 1 fully saturated rings. The smallest absolute Gasteiger partial charge is 0.176 e. The maximum Gasteiger partial charge on any atom is 0.176 e. The Kier molecular flexibility index (Phi) is 4.69. The topological polar surface area (TPSA) is 20.3 Å². The van der Waals surface area contributed by atoms with Crippen LogP contribution in [0.5, 0.6) is 0 Å². The van der Waals surface area contributed by atoms with Crippen LogP contribution < -0.4 is 0 Å². The number of nitrogens with zero attached hydrogens (tertiary/aromatic N) is 1. The highest BCUT2D eigenvalue weighted by molar-refractivity contribution is 8.00. The quantitative estimate of drug-likeness (QED) is 0.791. The van der Waals surface area contributed by atoms with Gasteiger partial charge in [-0.1, -0.05) is 19.1 Å². The van der Waals surface area contributed by atoms with Crippen molar-refractivity contribution in [3.63, 3.8) is 0 Å². The van der Waals surface area contributed by atoms with E-state index < -0.39 is 0 Å². The first-order chi connectivity index (χ1) is 8.99. The van der Waals surface area contributed by atoms with Crippen molar-refractivity contribution in [2.75, 3.05) is 18.8 Å². The fraction of sp³-hybridized carbons (Fsp3) is 0.562. The molecule has 1 saturated heterocycles. The zero-order chi connectivity index (χ0) is 14.0. The van der Waals surface area contributed by atoms with Crippen LogP contribution >= 0.6 is 11.8 Å². The van der Waals surface area contributed by atoms with E-state index in [0.717, 1.165) is 17.9 Å². The van der Waals surface area contributed by atoms with Gasteiger partial charge >= 0.3 is 0 Å². The van der Waals surface area contributed by atoms with Gasteiger partial charge in [-0.3, -0.25) is 9.69 Å². The van der Waals surface area contributed by atoms with Crippen LogP contribution in [0.2, 0.25) is 0 Å². The van der Waals surface area contributed by atoms with Crippen molar-refractivity contribution in [1.29, 1.82) is 0 Å². The fourth-order valence-electron chi connectivity index (χ4n) is 2.41. The summed E-state index contributed by atoms with van der Waals surface area (Å²) in [5, 5.41) is 0.612. The Bertz CT molecular complexity index is 472. The van der Waals surface area contributed by atoms with Gasteiger partial charge in [0.1, 0.15) is 0 Å². The molecule has 2 nitrogen and oxygen atoms in total. The third kappa shape index (κ3) is 3.40. The fourth-order valence-corrected chi connectivity index (χ4v) is 3.57. The summed E-state index contributed by atoms with van der Waals surface area (Å²) in [6, 6.07) is 6.50. The Labute approximate surface area is 120 Å². The summed E-state index contributed by atoms with van der Waals surface area (Å²) < 4.78 is 0. The normalized spacial score (nSPS) is 24.4. The molecule has 0 bridgehead atoms. The predicted molar refractivity (Wildman–Crippen MR) is 83.2 cm³/mol. The summed E-state index contributed by atoms with van der Waals surface area (Å²) in [5.41, 5.74) is 3.29. The van der Waals surface area contributed by atoms with Crippen LogP contribution in [-0.4, -0.2) is 40.8 Å². The molecular weight excluding hydrogens is 254 g/mol. The third-order valence-electron chi connectivity index (χ3n) is 4.19. The van der Waals surface area contributed by atoms with E-state index in [-0.39, 0.29) is 5.78 Å². The molecule has 19 heavy (non-hydrogen) atoms. The van der Waals surface area contributed by atoms with Gasteiger partial charge in [0.25, 0.3) is 0 Å². The number of carbonyl (C=O) groups excluding carboxylic acids is 1. The number of hydrogen-bond donors (Lipinski definition) is 0. The van der Waals surface area contributed by atoms with E-state index in [1.807, 2.05) is 30.0 Å². The lowest BCUT2D eigenvalue weighted by molar-refractivity contribution is 0.0902. The summed E-state index contributed by atoms with van der Waals surface area (Å²) >= 11 is 2.00. The van der Waals surface area contributed by atoms with Crippen molar-refractivity contribution >= 4 is 17.5 Å². The lowest BCUT2D eigenvalue weighted by Crippen LogP contribution is -2.46. The van der Waals surface area contributed by atoms with Gasteiger partial charge in [-0.2, -0.15) is 11.8 Å². The first-order valence-corrected chi connectivity index (χ1v) is 8.00. The lowest BCUT2D eigenvalue weighted by atomic mass is 10.0. The van der Waals surface area contributed by atoms with Crippen molar-refractivity contribution in [2.24, 2.45) is 0 Å². The molecule has 0 aromatic heterocycles. The van der Waals surface area contributed by atoms with E-state index >= 15 is 0 Å². The van der Waals surface area contributed by atoms with E-state index in [2.05, 4.69) is 32.6 Å². The van der Waals surface area contributed by atoms with Crippen LogP contribution in [0.1, 0.15) is 35.3 Å². The van der Waals surface area contributed by atoms with Gasteiger partial charge < -0.3 is 0 Å². The van der Waals surface area contributed by atoms with Crippen LogP contribution in [-0.2, 0) is 0 Å². The molecule has 3 heteroatoms. The maximum atomic E-state index is 12.4. The molecule has 0 radical (unpaired) electrons. The minimum absolute atomic E-state index is 0.244. The minimum Gasteiger partial charge on any atom is -0.293 e. The molecule has 1 aliphatic heterocycles. The van der Waals surface area contributed by atoms with Gasteiger partial charge in [0.15, 0.2) is 5.78 Å². The van der Waals surface area contributed by atoms with Gasteiger partial charge in [0.2, 0.25) is 0 Å². The monoisotopic (exact) mass is 277 g/mol. The number of thioether (sulfide) groups is 1. The molecule has 0 aliphatic carbocycles. The Morgan fingerprint density at radius 2 is 2.05 bits per heavy atom. The molecule has 1 aromatic carbocycles. The van der Waals surface area contributed by atoms with Crippen molar-refractivity contribution in [2.45, 2.75) is 39.0 Å². The summed E-state index contributed by atoms with van der Waals surface area (Å²) in [4.78, 5) is 14.7. The Hall–Kier alpha value is -0.800. The van der Waals surface area contributed by atoms with Crippen LogP contribution in [0.4, 0.5) is 0 Å². The molecule has 0 saturated carbocycles. The highest BCUT2D eigenvalue weighted by Gasteiger charge is 2.26. The predicted octanol–water partition coefficient (Wildman–Crippen LogP) is 3.31. The third-order valence-corrected chi connectivity index (χ3v) is 5.53. The standard InChI is InChI=1S/C16H23NOS/c1-11-5-6-15(9-12(11)2)16(18)10-17-7-8-19-14(4)13(17)3/h5-6,9,13-14H,7-8,10H2,1-4H3. The molecular formula is C16H23NOS. The van der Waals surface area contributed by atoms with Gasteiger partial charge in [0.05, 0.1) is 6.54 Å². The summed E-state index contributed by atoms with van der Waals surface area (Å²) in [7, 11) is 0. The number of aryl methyl sites for hydroxylation is 2. The van der Waals surface area contributed by atoms with Gasteiger partial charge in [-0.05, 0) is 38.0 Å². The van der Waals surface area contributed by atoms with Crippen molar-refractivity contribution in [3.8, 4) is 0 Å². The Morgan fingerprint density at radius 3 is 2.74 bits per heavy atom. The largest absolute Gasteiger partial charge is 0.293 e. The summed E-state index contributed by atoms with van der Waals surface area (Å²) in [5.74, 6) is 1.38. The second-order valence-corrected chi connectivity index (χ2v) is 6.99. The number of hydrogen-bond acceptors (Lipinski definition) is 3. The minimum atomic E-state index is 0.244. The van der Waals surface area contributed by atoms with Gasteiger partial charge in [-0.15, -0.1) is 0 Å². The van der Waals surface area contributed by atoms with Crippen molar-refractivity contribution in [3.05, 3.63) is 34.9 Å². The average Bonchev–Trinajstić information content (AvgIpc) is 2.38.